The lowest BCUT2D eigenvalue weighted by Crippen LogP contribution is -2.53. The predicted octanol–water partition coefficient (Wildman–Crippen LogP) is -10.8. The van der Waals surface area contributed by atoms with Crippen molar-refractivity contribution in [3.8, 4) is 0 Å². The molecular formula is C37H80N4O20. The van der Waals surface area contributed by atoms with Gasteiger partial charge in [0.05, 0.1) is 50.8 Å². The van der Waals surface area contributed by atoms with Crippen LogP contribution < -0.4 is 5.32 Å². The van der Waals surface area contributed by atoms with Crippen LogP contribution in [0.25, 0.3) is 0 Å². The fourth-order valence-electron chi connectivity index (χ4n) is 6.47. The zero-order valence-corrected chi connectivity index (χ0v) is 35.3. The fourth-order valence-corrected chi connectivity index (χ4v) is 6.47. The van der Waals surface area contributed by atoms with Crippen molar-refractivity contribution in [1.29, 1.82) is 0 Å². The molecule has 0 bridgehead atoms. The largest absolute Gasteiger partial charge is 0.394 e. The van der Waals surface area contributed by atoms with E-state index in [1.807, 2.05) is 18.7 Å². The predicted molar refractivity (Wildman–Crippen MR) is 215 cm³/mol. The first-order valence-electron chi connectivity index (χ1n) is 20.8. The second-order valence-electron chi connectivity index (χ2n) is 16.1. The van der Waals surface area contributed by atoms with E-state index >= 15 is 0 Å². The Bertz CT molecular complexity index is 1040. The van der Waals surface area contributed by atoms with Gasteiger partial charge < -0.3 is 117 Å². The Labute approximate surface area is 357 Å². The number of rotatable bonds is 38. The van der Waals surface area contributed by atoms with E-state index in [2.05, 4.69) is 5.32 Å². The van der Waals surface area contributed by atoms with Crippen LogP contribution in [0.2, 0.25) is 0 Å². The first-order chi connectivity index (χ1) is 28.6. The molecule has 0 aromatic carbocycles. The molecule has 0 aliphatic heterocycles. The van der Waals surface area contributed by atoms with Gasteiger partial charge in [-0.3, -0.25) is 4.90 Å². The zero-order chi connectivity index (χ0) is 47.0. The van der Waals surface area contributed by atoms with E-state index in [1.165, 1.54) is 4.90 Å². The van der Waals surface area contributed by atoms with Gasteiger partial charge in [-0.1, -0.05) is 13.8 Å². The van der Waals surface area contributed by atoms with E-state index in [4.69, 9.17) is 15.3 Å². The number of aliphatic hydroxyl groups excluding tert-OH is 20. The molecule has 16 unspecified atom stereocenters. The maximum absolute atomic E-state index is 10.8. The van der Waals surface area contributed by atoms with Crippen LogP contribution in [0.1, 0.15) is 39.5 Å². The van der Waals surface area contributed by atoms with Crippen molar-refractivity contribution in [3.05, 3.63) is 0 Å². The van der Waals surface area contributed by atoms with Crippen LogP contribution in [0.4, 0.5) is 0 Å². The molecule has 21 N–H and O–H groups in total. The maximum atomic E-state index is 10.8. The summed E-state index contributed by atoms with van der Waals surface area (Å²) in [5.74, 6) is 0. The summed E-state index contributed by atoms with van der Waals surface area (Å²) < 4.78 is 0. The van der Waals surface area contributed by atoms with E-state index in [-0.39, 0.29) is 45.2 Å². The van der Waals surface area contributed by atoms with Gasteiger partial charge in [0.1, 0.15) is 73.2 Å². The Balaban J connectivity index is 6.15. The zero-order valence-electron chi connectivity index (χ0n) is 35.3. The van der Waals surface area contributed by atoms with Gasteiger partial charge in [0.25, 0.3) is 0 Å². The lowest BCUT2D eigenvalue weighted by atomic mass is 10.0. The van der Waals surface area contributed by atoms with Crippen LogP contribution in [-0.4, -0.2) is 312 Å². The first kappa shape index (κ1) is 60.0. The summed E-state index contributed by atoms with van der Waals surface area (Å²) in [5.41, 5.74) is 0. The van der Waals surface area contributed by atoms with Gasteiger partial charge in [-0.05, 0) is 65.0 Å². The molecule has 368 valence electrons. The molecule has 0 radical (unpaired) electrons. The third-order valence-electron chi connectivity index (χ3n) is 10.4. The van der Waals surface area contributed by atoms with Crippen LogP contribution in [0.3, 0.4) is 0 Å². The molecule has 0 fully saturated rings. The SMILES string of the molecule is CC(C)NCCCN(CCCCN(CCCN(CC(O)C(O)C(O)C(O)CO)CC(O)C(O)C(O)C(O)CO)CC(O)C(O)C(O)C(O)CO)CC(O)C(O)C(O)C(O)CO. The average molecular weight is 901 g/mol. The number of hydrogen-bond donors (Lipinski definition) is 21. The Kier molecular flexibility index (Phi) is 32.1. The minimum Gasteiger partial charge on any atom is -0.394 e. The van der Waals surface area contributed by atoms with Gasteiger partial charge in [-0.25, -0.2) is 0 Å². The minimum absolute atomic E-state index is 0.0684. The Morgan fingerprint density at radius 2 is 0.541 bits per heavy atom. The van der Waals surface area contributed by atoms with E-state index < -0.39 is 137 Å². The Morgan fingerprint density at radius 1 is 0.311 bits per heavy atom. The van der Waals surface area contributed by atoms with Crippen molar-refractivity contribution in [3.63, 3.8) is 0 Å². The molecule has 0 aliphatic carbocycles. The normalized spacial score (nSPS) is 20.8. The molecule has 0 aromatic rings. The van der Waals surface area contributed by atoms with Crippen LogP contribution in [0.15, 0.2) is 0 Å². The molecular weight excluding hydrogens is 820 g/mol. The molecule has 0 heterocycles. The summed E-state index contributed by atoms with van der Waals surface area (Å²) in [7, 11) is 0. The molecule has 0 rings (SSSR count). The summed E-state index contributed by atoms with van der Waals surface area (Å²) in [5, 5.41) is 204. The molecule has 0 saturated carbocycles. The quantitative estimate of drug-likeness (QED) is 0.0256. The molecule has 0 spiro atoms. The van der Waals surface area contributed by atoms with Gasteiger partial charge in [0.15, 0.2) is 0 Å². The number of unbranched alkanes of at least 4 members (excludes halogenated alkanes) is 1. The average Bonchev–Trinajstić information content (AvgIpc) is 3.24. The maximum Gasteiger partial charge on any atom is 0.111 e. The monoisotopic (exact) mass is 901 g/mol. The molecule has 16 atom stereocenters. The van der Waals surface area contributed by atoms with E-state index in [0.29, 0.717) is 38.9 Å². The first-order valence-corrected chi connectivity index (χ1v) is 20.8. The number of nitrogens with one attached hydrogen (secondary N) is 1. The third-order valence-corrected chi connectivity index (χ3v) is 10.4. The van der Waals surface area contributed by atoms with E-state index in [1.54, 1.807) is 4.90 Å². The standard InChI is InChI=1S/C37H80N4O20/c1-21(2)38-7-5-10-39(13-22(46)30(54)34(58)26(50)17-42)8-3-4-9-40(14-23(47)31(55)35(59)27(51)18-43)11-6-12-41(15-24(48)32(56)36(60)28(52)19-44)16-25(49)33(57)37(61)29(53)20-45/h21-38,42-61H,3-20H2,1-2H3. The van der Waals surface area contributed by atoms with Crippen molar-refractivity contribution in [2.24, 2.45) is 0 Å². The van der Waals surface area contributed by atoms with Crippen LogP contribution in [-0.2, 0) is 0 Å². The van der Waals surface area contributed by atoms with Gasteiger partial charge >= 0.3 is 0 Å². The van der Waals surface area contributed by atoms with Crippen LogP contribution in [0, 0.1) is 0 Å². The molecule has 0 amide bonds. The van der Waals surface area contributed by atoms with Crippen molar-refractivity contribution in [2.45, 2.75) is 143 Å². The Hall–Kier alpha value is -0.960. The molecule has 0 aromatic heterocycles. The highest BCUT2D eigenvalue weighted by molar-refractivity contribution is 4.87. The van der Waals surface area contributed by atoms with E-state index in [0.717, 1.165) is 0 Å². The number of hydrogen-bond acceptors (Lipinski definition) is 24. The van der Waals surface area contributed by atoms with Crippen LogP contribution in [0.5, 0.6) is 0 Å². The summed E-state index contributed by atoms with van der Waals surface area (Å²) in [4.78, 5) is 4.78. The van der Waals surface area contributed by atoms with Crippen molar-refractivity contribution in [2.75, 3.05) is 91.9 Å². The second kappa shape index (κ2) is 32.7. The molecule has 24 heteroatoms. The number of nitrogens with zero attached hydrogens (tertiary/aromatic N) is 3. The van der Waals surface area contributed by atoms with Gasteiger partial charge in [0.2, 0.25) is 0 Å². The molecule has 61 heavy (non-hydrogen) atoms. The third kappa shape index (κ3) is 23.2. The second-order valence-corrected chi connectivity index (χ2v) is 16.1. The Morgan fingerprint density at radius 3 is 0.820 bits per heavy atom. The smallest absolute Gasteiger partial charge is 0.111 e. The molecule has 0 saturated heterocycles. The molecule has 24 nitrogen and oxygen atoms in total. The van der Waals surface area contributed by atoms with Gasteiger partial charge in [0, 0.05) is 32.2 Å². The van der Waals surface area contributed by atoms with Crippen molar-refractivity contribution >= 4 is 0 Å². The lowest BCUT2D eigenvalue weighted by molar-refractivity contribution is -0.130. The van der Waals surface area contributed by atoms with Gasteiger partial charge in [-0.15, -0.1) is 0 Å². The van der Waals surface area contributed by atoms with E-state index in [9.17, 15) is 86.8 Å². The summed E-state index contributed by atoms with van der Waals surface area (Å²) in [6, 6.07) is 0.210. The van der Waals surface area contributed by atoms with Gasteiger partial charge in [-0.2, -0.15) is 0 Å². The summed E-state index contributed by atoms with van der Waals surface area (Å²) in [6.45, 7) is 0.519. The fraction of sp³-hybridized carbons (Fsp3) is 1.00. The van der Waals surface area contributed by atoms with Crippen LogP contribution >= 0.6 is 0 Å². The van der Waals surface area contributed by atoms with Crippen molar-refractivity contribution in [1.82, 2.24) is 20.0 Å². The van der Waals surface area contributed by atoms with Crippen molar-refractivity contribution < 1.29 is 102 Å². The highest BCUT2D eigenvalue weighted by atomic mass is 16.4. The lowest BCUT2D eigenvalue weighted by Gasteiger charge is -2.34. The molecule has 0 aliphatic rings. The highest BCUT2D eigenvalue weighted by Gasteiger charge is 2.36. The minimum atomic E-state index is -2.00. The topological polar surface area (TPSA) is 426 Å². The summed E-state index contributed by atoms with van der Waals surface area (Å²) >= 11 is 0. The summed E-state index contributed by atoms with van der Waals surface area (Å²) in [6.07, 6.45) is -27.7. The number of aliphatic hydroxyl groups is 20. The highest BCUT2D eigenvalue weighted by Crippen LogP contribution is 2.14.